The number of hydrogen-bond acceptors (Lipinski definition) is 6. The molecule has 2 aliphatic heterocycles. The third kappa shape index (κ3) is 6.45. The second-order valence-electron chi connectivity index (χ2n) is 8.12. The molecule has 1 aromatic carbocycles. The predicted molar refractivity (Wildman–Crippen MR) is 116 cm³/mol. The molecule has 188 valence electrons. The molecule has 0 bridgehead atoms. The molecule has 0 spiro atoms. The number of amidine groups is 1. The first-order valence-corrected chi connectivity index (χ1v) is 11.5. The number of aromatic nitrogens is 1. The second-order valence-corrected chi connectivity index (χ2v) is 9.11. The number of thioether (sulfide) groups is 1. The summed E-state index contributed by atoms with van der Waals surface area (Å²) in [6.07, 6.45) is -3.65. The molecule has 2 aromatic rings. The lowest BCUT2D eigenvalue weighted by molar-refractivity contribution is -0.143. The molecule has 35 heavy (non-hydrogen) atoms. The zero-order chi connectivity index (χ0) is 25.2. The van der Waals surface area contributed by atoms with Crippen LogP contribution in [-0.2, 0) is 25.4 Å². The zero-order valence-corrected chi connectivity index (χ0v) is 18.9. The van der Waals surface area contributed by atoms with Crippen LogP contribution in [0.1, 0.15) is 35.4 Å². The van der Waals surface area contributed by atoms with Crippen LogP contribution in [0, 0.1) is 5.92 Å². The number of likely N-dealkylation sites (tertiary alicyclic amines) is 1. The van der Waals surface area contributed by atoms with Gasteiger partial charge in [-0.25, -0.2) is 4.98 Å². The Labute approximate surface area is 200 Å². The minimum atomic E-state index is -4.89. The van der Waals surface area contributed by atoms with Gasteiger partial charge in [0.15, 0.2) is 0 Å². The summed E-state index contributed by atoms with van der Waals surface area (Å²) in [7, 11) is 0. The third-order valence-corrected chi connectivity index (χ3v) is 6.50. The van der Waals surface area contributed by atoms with Gasteiger partial charge in [-0.2, -0.15) is 31.3 Å². The number of nitrogens with zero attached hydrogens (tertiary/aromatic N) is 3. The Morgan fingerprint density at radius 3 is 2.51 bits per heavy atom. The van der Waals surface area contributed by atoms with E-state index in [1.165, 1.54) is 12.5 Å². The van der Waals surface area contributed by atoms with E-state index in [2.05, 4.69) is 15.3 Å². The molecule has 2 aliphatic rings. The van der Waals surface area contributed by atoms with Crippen LogP contribution in [0.5, 0.6) is 0 Å². The maximum absolute atomic E-state index is 13.4. The summed E-state index contributed by atoms with van der Waals surface area (Å²) in [5, 5.41) is 2.66. The second kappa shape index (κ2) is 10.1. The van der Waals surface area contributed by atoms with Gasteiger partial charge in [-0.1, -0.05) is 12.1 Å². The number of carbonyl (C=O) groups excluding carboxylic acids is 1. The van der Waals surface area contributed by atoms with Crippen LogP contribution >= 0.6 is 11.8 Å². The fraction of sp³-hybridized carbons (Fsp3) is 0.409. The summed E-state index contributed by atoms with van der Waals surface area (Å²) in [5.41, 5.74) is -2.78. The number of allylic oxidation sites excluding steroid dienone is 1. The summed E-state index contributed by atoms with van der Waals surface area (Å²) >= 11 is 0.990. The number of hydrogen-bond donors (Lipinski definition) is 1. The van der Waals surface area contributed by atoms with E-state index < -0.39 is 23.5 Å². The molecule has 1 aromatic heterocycles. The van der Waals surface area contributed by atoms with Gasteiger partial charge in [-0.15, -0.1) is 0 Å². The molecule has 1 amide bonds. The van der Waals surface area contributed by atoms with E-state index in [-0.39, 0.29) is 35.9 Å². The molecule has 13 heteroatoms. The van der Waals surface area contributed by atoms with E-state index in [9.17, 15) is 31.1 Å². The Bertz CT molecular complexity index is 1120. The summed E-state index contributed by atoms with van der Waals surface area (Å²) in [6, 6.07) is 1.76. The molecule has 1 fully saturated rings. The smallest absolute Gasteiger partial charge is 0.416 e. The van der Waals surface area contributed by atoms with Gasteiger partial charge in [0, 0.05) is 6.54 Å². The standard InChI is InChI=1S/C22H20F6N4O2S/c23-21(24,25)15-2-1-14(16(10-15)22(26,27)28)12-32-6-3-13(4-7-32)9-17-19(31-20(33)35-17)30-11-18-29-5-8-34-18/h1-2,5,8-10,13H,3-4,6-7,11-12H2,(H,30,31,33)/b17-9-. The number of carbonyl (C=O) groups is 1. The maximum atomic E-state index is 13.4. The summed E-state index contributed by atoms with van der Waals surface area (Å²) in [4.78, 5) is 22.2. The monoisotopic (exact) mass is 518 g/mol. The average molecular weight is 518 g/mol. The van der Waals surface area contributed by atoms with E-state index in [1.54, 1.807) is 4.90 Å². The fourth-order valence-corrected chi connectivity index (χ4v) is 4.74. The topological polar surface area (TPSA) is 70.7 Å². The lowest BCUT2D eigenvalue weighted by Gasteiger charge is -2.31. The number of halogens is 6. The van der Waals surface area contributed by atoms with Crippen LogP contribution < -0.4 is 5.32 Å². The van der Waals surface area contributed by atoms with Crippen molar-refractivity contribution in [3.8, 4) is 0 Å². The maximum Gasteiger partial charge on any atom is 0.416 e. The predicted octanol–water partition coefficient (Wildman–Crippen LogP) is 5.86. The van der Waals surface area contributed by atoms with Gasteiger partial charge in [0.2, 0.25) is 5.89 Å². The van der Waals surface area contributed by atoms with Crippen LogP contribution in [0.4, 0.5) is 31.1 Å². The van der Waals surface area contributed by atoms with E-state index in [4.69, 9.17) is 4.42 Å². The van der Waals surface area contributed by atoms with Crippen LogP contribution in [0.3, 0.4) is 0 Å². The van der Waals surface area contributed by atoms with Crippen LogP contribution in [-0.4, -0.2) is 34.0 Å². The van der Waals surface area contributed by atoms with Gasteiger partial charge in [0.25, 0.3) is 0 Å². The first-order chi connectivity index (χ1) is 16.5. The van der Waals surface area contributed by atoms with Crippen molar-refractivity contribution in [1.82, 2.24) is 15.2 Å². The molecule has 0 saturated carbocycles. The first kappa shape index (κ1) is 25.3. The molecule has 0 atom stereocenters. The number of alkyl halides is 6. The molecule has 3 heterocycles. The minimum Gasteiger partial charge on any atom is -0.447 e. The molecule has 0 aliphatic carbocycles. The van der Waals surface area contributed by atoms with Gasteiger partial charge < -0.3 is 9.73 Å². The number of rotatable bonds is 5. The van der Waals surface area contributed by atoms with Crippen molar-refractivity contribution in [3.05, 3.63) is 64.2 Å². The van der Waals surface area contributed by atoms with E-state index >= 15 is 0 Å². The van der Waals surface area contributed by atoms with Crippen LogP contribution in [0.2, 0.25) is 0 Å². The van der Waals surface area contributed by atoms with E-state index in [1.807, 2.05) is 6.08 Å². The number of benzene rings is 1. The van der Waals surface area contributed by atoms with Gasteiger partial charge in [0.1, 0.15) is 12.1 Å². The minimum absolute atomic E-state index is 0.0723. The SMILES string of the molecule is O=C1N=C(NCc2ncco2)/C(=C/C2CCN(Cc3ccc(C(F)(F)F)cc3C(F)(F)F)CC2)S1. The first-order valence-electron chi connectivity index (χ1n) is 10.6. The molecular weight excluding hydrogens is 498 g/mol. The molecular formula is C22H20F6N4O2S. The van der Waals surface area contributed by atoms with Crippen molar-refractivity contribution in [2.24, 2.45) is 10.9 Å². The number of oxazole rings is 1. The van der Waals surface area contributed by atoms with E-state index in [0.717, 1.165) is 17.8 Å². The van der Waals surface area contributed by atoms with Gasteiger partial charge in [-0.3, -0.25) is 9.69 Å². The lowest BCUT2D eigenvalue weighted by Crippen LogP contribution is -2.33. The highest BCUT2D eigenvalue weighted by atomic mass is 32.2. The highest BCUT2D eigenvalue weighted by Crippen LogP contribution is 2.38. The number of amides is 1. The molecule has 1 N–H and O–H groups in total. The Kier molecular flexibility index (Phi) is 7.27. The summed E-state index contributed by atoms with van der Waals surface area (Å²) in [5.74, 6) is 0.925. The zero-order valence-electron chi connectivity index (χ0n) is 18.1. The van der Waals surface area contributed by atoms with Crippen molar-refractivity contribution in [3.63, 3.8) is 0 Å². The van der Waals surface area contributed by atoms with Crippen molar-refractivity contribution in [2.45, 2.75) is 38.3 Å². The largest absolute Gasteiger partial charge is 0.447 e. The highest BCUT2D eigenvalue weighted by molar-refractivity contribution is 8.18. The van der Waals surface area contributed by atoms with Gasteiger partial charge in [0.05, 0.1) is 28.8 Å². The summed E-state index contributed by atoms with van der Waals surface area (Å²) in [6.45, 7) is 1.07. The molecule has 4 rings (SSSR count). The highest BCUT2D eigenvalue weighted by Gasteiger charge is 2.38. The van der Waals surface area contributed by atoms with Crippen LogP contribution in [0.15, 0.2) is 51.0 Å². The van der Waals surface area contributed by atoms with Gasteiger partial charge in [-0.05, 0) is 61.3 Å². The quantitative estimate of drug-likeness (QED) is 0.500. The average Bonchev–Trinajstić information content (AvgIpc) is 3.41. The number of piperidine rings is 1. The van der Waals surface area contributed by atoms with Crippen LogP contribution in [0.25, 0.3) is 0 Å². The fourth-order valence-electron chi connectivity index (χ4n) is 3.94. The Hall–Kier alpha value is -2.80. The molecule has 6 nitrogen and oxygen atoms in total. The van der Waals surface area contributed by atoms with Crippen molar-refractivity contribution in [2.75, 3.05) is 13.1 Å². The van der Waals surface area contributed by atoms with Gasteiger partial charge >= 0.3 is 17.6 Å². The number of aliphatic imine (C=N–C) groups is 1. The lowest BCUT2D eigenvalue weighted by atomic mass is 9.95. The Morgan fingerprint density at radius 2 is 1.89 bits per heavy atom. The van der Waals surface area contributed by atoms with E-state index in [0.29, 0.717) is 48.6 Å². The Balaban J connectivity index is 1.38. The Morgan fingerprint density at radius 1 is 1.14 bits per heavy atom. The molecule has 0 unspecified atom stereocenters. The molecule has 0 radical (unpaired) electrons. The van der Waals surface area contributed by atoms with Crippen molar-refractivity contribution in [1.29, 1.82) is 0 Å². The molecule has 1 saturated heterocycles. The normalized spacial score (nSPS) is 19.4. The third-order valence-electron chi connectivity index (χ3n) is 5.68. The summed E-state index contributed by atoms with van der Waals surface area (Å²) < 4.78 is 84.1. The van der Waals surface area contributed by atoms with Crippen molar-refractivity contribution < 1.29 is 35.6 Å². The number of nitrogens with one attached hydrogen (secondary N) is 1. The van der Waals surface area contributed by atoms with Crippen molar-refractivity contribution >= 4 is 22.8 Å².